The lowest BCUT2D eigenvalue weighted by Gasteiger charge is -2.11. The molecule has 7 heteroatoms. The fraction of sp³-hybridized carbons (Fsp3) is 0.167. The third-order valence-electron chi connectivity index (χ3n) is 5.04. The molecule has 31 heavy (non-hydrogen) atoms. The summed E-state index contributed by atoms with van der Waals surface area (Å²) in [6, 6.07) is 20.7. The summed E-state index contributed by atoms with van der Waals surface area (Å²) in [4.78, 5) is 17.2. The lowest BCUT2D eigenvalue weighted by molar-refractivity contribution is 0.0953. The van der Waals surface area contributed by atoms with Crippen LogP contribution in [0.3, 0.4) is 0 Å². The number of halogens is 3. The van der Waals surface area contributed by atoms with Crippen molar-refractivity contribution >= 4 is 51.7 Å². The first kappa shape index (κ1) is 21.7. The second-order valence-electron chi connectivity index (χ2n) is 7.19. The molecule has 1 aromatic heterocycles. The van der Waals surface area contributed by atoms with E-state index in [9.17, 15) is 4.79 Å². The lowest BCUT2D eigenvalue weighted by atomic mass is 10.2. The molecule has 0 saturated heterocycles. The Morgan fingerprint density at radius 3 is 2.48 bits per heavy atom. The average molecular weight is 473 g/mol. The Balaban J connectivity index is 1.47. The molecule has 0 radical (unpaired) electrons. The van der Waals surface area contributed by atoms with Gasteiger partial charge in [-0.3, -0.25) is 4.79 Å². The molecule has 0 saturated carbocycles. The highest BCUT2D eigenvalue weighted by Crippen LogP contribution is 2.25. The first-order valence-electron chi connectivity index (χ1n) is 9.94. The average Bonchev–Trinajstić information content (AvgIpc) is 3.11. The summed E-state index contributed by atoms with van der Waals surface area (Å²) in [5, 5.41) is 4.45. The number of carbonyl (C=O) groups is 1. The Bertz CT molecular complexity index is 1240. The molecule has 158 valence electrons. The summed E-state index contributed by atoms with van der Waals surface area (Å²) < 4.78 is 2.19. The minimum atomic E-state index is -0.171. The first-order valence-corrected chi connectivity index (χ1v) is 11.1. The molecular formula is C24H20Cl3N3O. The number of fused-ring (bicyclic) bond motifs is 1. The Hall–Kier alpha value is -2.53. The van der Waals surface area contributed by atoms with Crippen LogP contribution < -0.4 is 5.32 Å². The normalized spacial score (nSPS) is 11.1. The minimum Gasteiger partial charge on any atom is -0.352 e. The van der Waals surface area contributed by atoms with Gasteiger partial charge in [-0.05, 0) is 48.4 Å². The summed E-state index contributed by atoms with van der Waals surface area (Å²) in [6.07, 6.45) is 1.47. The molecule has 4 nitrogen and oxygen atoms in total. The van der Waals surface area contributed by atoms with Gasteiger partial charge in [-0.1, -0.05) is 65.1 Å². The van der Waals surface area contributed by atoms with Crippen LogP contribution in [0.25, 0.3) is 11.0 Å². The summed E-state index contributed by atoms with van der Waals surface area (Å²) in [6.45, 7) is 1.17. The number of para-hydroxylation sites is 2. The molecule has 0 fully saturated rings. The van der Waals surface area contributed by atoms with Crippen LogP contribution in [0.5, 0.6) is 0 Å². The highest BCUT2D eigenvalue weighted by Gasteiger charge is 2.13. The Labute approximate surface area is 195 Å². The largest absolute Gasteiger partial charge is 0.352 e. The van der Waals surface area contributed by atoms with Crippen molar-refractivity contribution < 1.29 is 4.79 Å². The van der Waals surface area contributed by atoms with E-state index in [-0.39, 0.29) is 5.91 Å². The fourth-order valence-corrected chi connectivity index (χ4v) is 4.04. The van der Waals surface area contributed by atoms with Gasteiger partial charge in [0.2, 0.25) is 0 Å². The van der Waals surface area contributed by atoms with E-state index in [2.05, 4.69) is 16.0 Å². The predicted octanol–water partition coefficient (Wildman–Crippen LogP) is 6.41. The van der Waals surface area contributed by atoms with E-state index >= 15 is 0 Å². The molecule has 4 rings (SSSR count). The van der Waals surface area contributed by atoms with Crippen LogP contribution in [0.4, 0.5) is 0 Å². The summed E-state index contributed by atoms with van der Waals surface area (Å²) in [5.41, 5.74) is 3.53. The second-order valence-corrected chi connectivity index (χ2v) is 8.41. The van der Waals surface area contributed by atoms with E-state index in [0.29, 0.717) is 33.7 Å². The molecule has 1 heterocycles. The van der Waals surface area contributed by atoms with Gasteiger partial charge in [-0.2, -0.15) is 0 Å². The lowest BCUT2D eigenvalue weighted by Crippen LogP contribution is -2.25. The molecule has 0 aliphatic rings. The molecule has 0 spiro atoms. The number of carbonyl (C=O) groups excluding carboxylic acids is 1. The van der Waals surface area contributed by atoms with Gasteiger partial charge in [0.1, 0.15) is 5.82 Å². The predicted molar refractivity (Wildman–Crippen MR) is 127 cm³/mol. The van der Waals surface area contributed by atoms with Crippen LogP contribution >= 0.6 is 34.8 Å². The summed E-state index contributed by atoms with van der Waals surface area (Å²) in [7, 11) is 0. The molecule has 4 aromatic rings. The molecule has 0 bridgehead atoms. The smallest absolute Gasteiger partial charge is 0.252 e. The third-order valence-corrected chi connectivity index (χ3v) is 6.11. The standard InChI is InChI=1S/C24H20Cl3N3O/c25-18-7-2-1-6-17(18)24(31)28-13-5-10-23-29-21-8-3-4-9-22(21)30(23)15-16-11-12-19(26)20(27)14-16/h1-4,6-9,11-12,14H,5,10,13,15H2,(H,28,31). The van der Waals surface area contributed by atoms with Gasteiger partial charge in [0.15, 0.2) is 0 Å². The quantitative estimate of drug-likeness (QED) is 0.316. The molecule has 1 N–H and O–H groups in total. The van der Waals surface area contributed by atoms with Crippen LogP contribution in [0.1, 0.15) is 28.2 Å². The van der Waals surface area contributed by atoms with Gasteiger partial charge in [0.05, 0.1) is 31.7 Å². The van der Waals surface area contributed by atoms with Crippen LogP contribution in [-0.2, 0) is 13.0 Å². The second kappa shape index (κ2) is 9.73. The number of nitrogens with zero attached hydrogens (tertiary/aromatic N) is 2. The third kappa shape index (κ3) is 5.04. The molecule has 1 amide bonds. The molecular weight excluding hydrogens is 453 g/mol. The van der Waals surface area contributed by atoms with Crippen LogP contribution in [0.2, 0.25) is 15.1 Å². The zero-order chi connectivity index (χ0) is 21.8. The maximum absolute atomic E-state index is 12.3. The van der Waals surface area contributed by atoms with Crippen molar-refractivity contribution in [3.63, 3.8) is 0 Å². The van der Waals surface area contributed by atoms with Crippen LogP contribution in [-0.4, -0.2) is 22.0 Å². The Morgan fingerprint density at radius 1 is 0.903 bits per heavy atom. The maximum Gasteiger partial charge on any atom is 0.252 e. The Morgan fingerprint density at radius 2 is 1.68 bits per heavy atom. The van der Waals surface area contributed by atoms with Crippen molar-refractivity contribution in [1.82, 2.24) is 14.9 Å². The van der Waals surface area contributed by atoms with Gasteiger partial charge >= 0.3 is 0 Å². The van der Waals surface area contributed by atoms with Gasteiger partial charge in [-0.25, -0.2) is 4.98 Å². The monoisotopic (exact) mass is 471 g/mol. The summed E-state index contributed by atoms with van der Waals surface area (Å²) in [5.74, 6) is 0.786. The molecule has 0 aliphatic carbocycles. The zero-order valence-corrected chi connectivity index (χ0v) is 18.9. The first-order chi connectivity index (χ1) is 15.0. The number of aryl methyl sites for hydroxylation is 1. The van der Waals surface area contributed by atoms with Crippen molar-refractivity contribution in [1.29, 1.82) is 0 Å². The number of nitrogens with one attached hydrogen (secondary N) is 1. The van der Waals surface area contributed by atoms with Crippen LogP contribution in [0.15, 0.2) is 66.7 Å². The number of rotatable bonds is 7. The molecule has 0 atom stereocenters. The fourth-order valence-electron chi connectivity index (χ4n) is 3.50. The molecule has 3 aromatic carbocycles. The van der Waals surface area contributed by atoms with Crippen molar-refractivity contribution in [2.75, 3.05) is 6.54 Å². The van der Waals surface area contributed by atoms with E-state index in [4.69, 9.17) is 39.8 Å². The number of imidazole rings is 1. The Kier molecular flexibility index (Phi) is 6.81. The van der Waals surface area contributed by atoms with Gasteiger partial charge < -0.3 is 9.88 Å². The number of benzene rings is 3. The zero-order valence-electron chi connectivity index (χ0n) is 16.6. The summed E-state index contributed by atoms with van der Waals surface area (Å²) >= 11 is 18.4. The number of aromatic nitrogens is 2. The molecule has 0 aliphatic heterocycles. The highest BCUT2D eigenvalue weighted by atomic mass is 35.5. The van der Waals surface area contributed by atoms with E-state index < -0.39 is 0 Å². The minimum absolute atomic E-state index is 0.171. The van der Waals surface area contributed by atoms with E-state index in [1.807, 2.05) is 36.4 Å². The van der Waals surface area contributed by atoms with Crippen molar-refractivity contribution in [2.24, 2.45) is 0 Å². The van der Waals surface area contributed by atoms with Crippen molar-refractivity contribution in [3.8, 4) is 0 Å². The van der Waals surface area contributed by atoms with E-state index in [1.54, 1.807) is 24.3 Å². The number of amides is 1. The molecule has 0 unspecified atom stereocenters. The topological polar surface area (TPSA) is 46.9 Å². The van der Waals surface area contributed by atoms with E-state index in [0.717, 1.165) is 35.3 Å². The SMILES string of the molecule is O=C(NCCCc1nc2ccccc2n1Cc1ccc(Cl)c(Cl)c1)c1ccccc1Cl. The number of hydrogen-bond donors (Lipinski definition) is 1. The van der Waals surface area contributed by atoms with E-state index in [1.165, 1.54) is 0 Å². The maximum atomic E-state index is 12.3. The van der Waals surface area contributed by atoms with Gasteiger partial charge in [-0.15, -0.1) is 0 Å². The van der Waals surface area contributed by atoms with Gasteiger partial charge in [0, 0.05) is 19.5 Å². The van der Waals surface area contributed by atoms with Crippen LogP contribution in [0, 0.1) is 0 Å². The van der Waals surface area contributed by atoms with Crippen molar-refractivity contribution in [2.45, 2.75) is 19.4 Å². The van der Waals surface area contributed by atoms with Crippen molar-refractivity contribution in [3.05, 3.63) is 98.7 Å². The highest BCUT2D eigenvalue weighted by molar-refractivity contribution is 6.42. The number of hydrogen-bond acceptors (Lipinski definition) is 2. The van der Waals surface area contributed by atoms with Gasteiger partial charge in [0.25, 0.3) is 5.91 Å².